The summed E-state index contributed by atoms with van der Waals surface area (Å²) in [4.78, 5) is 2.01. The molecule has 29 heavy (non-hydrogen) atoms. The van der Waals surface area contributed by atoms with Gasteiger partial charge in [0.15, 0.2) is 11.3 Å². The van der Waals surface area contributed by atoms with Crippen molar-refractivity contribution in [1.82, 2.24) is 0 Å². The lowest BCUT2D eigenvalue weighted by molar-refractivity contribution is 0.0625. The van der Waals surface area contributed by atoms with Crippen LogP contribution in [0, 0.1) is 34.0 Å². The minimum absolute atomic E-state index is 0.00119. The maximum absolute atomic E-state index is 13.1. The summed E-state index contributed by atoms with van der Waals surface area (Å²) in [6.45, 7) is 0.981. The molecule has 5 nitrogen and oxygen atoms in total. The Morgan fingerprint density at radius 3 is 2.24 bits per heavy atom. The number of anilines is 1. The lowest BCUT2D eigenvalue weighted by atomic mass is 9.90. The molecule has 1 heterocycles. The van der Waals surface area contributed by atoms with Gasteiger partial charge in [-0.05, 0) is 24.6 Å². The van der Waals surface area contributed by atoms with E-state index in [4.69, 9.17) is 15.3 Å². The number of rotatable bonds is 6. The number of halogens is 1. The van der Waals surface area contributed by atoms with Crippen molar-refractivity contribution in [3.63, 3.8) is 0 Å². The summed E-state index contributed by atoms with van der Waals surface area (Å²) >= 11 is 0. The van der Waals surface area contributed by atoms with Gasteiger partial charge in [-0.2, -0.15) is 15.8 Å². The SMILES string of the molecule is CN(C)c1ccc(/C=C/C=C/C2=C(C#N)C(=C(C#N)C#N)OC2(C)CCF)cc1. The Kier molecular flexibility index (Phi) is 6.96. The van der Waals surface area contributed by atoms with Gasteiger partial charge < -0.3 is 9.64 Å². The van der Waals surface area contributed by atoms with E-state index in [1.165, 1.54) is 0 Å². The second kappa shape index (κ2) is 9.40. The molecule has 1 aromatic carbocycles. The zero-order valence-electron chi connectivity index (χ0n) is 16.6. The number of hydrogen-bond donors (Lipinski definition) is 0. The van der Waals surface area contributed by atoms with Crippen molar-refractivity contribution in [2.45, 2.75) is 18.9 Å². The van der Waals surface area contributed by atoms with Crippen LogP contribution in [0.25, 0.3) is 6.08 Å². The van der Waals surface area contributed by atoms with E-state index in [0.29, 0.717) is 5.57 Å². The van der Waals surface area contributed by atoms with E-state index in [2.05, 4.69) is 0 Å². The summed E-state index contributed by atoms with van der Waals surface area (Å²) in [5.41, 5.74) is 1.21. The number of benzene rings is 1. The van der Waals surface area contributed by atoms with Gasteiger partial charge in [-0.25, -0.2) is 0 Å². The number of nitrogens with zero attached hydrogens (tertiary/aromatic N) is 4. The Hall–Kier alpha value is -3.82. The molecule has 0 aliphatic carbocycles. The maximum atomic E-state index is 13.1. The molecule has 6 heteroatoms. The number of nitriles is 3. The fraction of sp³-hybridized carbons (Fsp3) is 0.261. The molecule has 0 radical (unpaired) electrons. The molecule has 0 saturated carbocycles. The van der Waals surface area contributed by atoms with E-state index < -0.39 is 12.3 Å². The molecule has 0 aromatic heterocycles. The molecule has 0 fully saturated rings. The molecule has 0 bridgehead atoms. The zero-order valence-corrected chi connectivity index (χ0v) is 16.6. The number of ether oxygens (including phenoxy) is 1. The van der Waals surface area contributed by atoms with E-state index in [0.717, 1.165) is 11.3 Å². The topological polar surface area (TPSA) is 83.8 Å². The van der Waals surface area contributed by atoms with Gasteiger partial charge in [-0.1, -0.05) is 36.4 Å². The van der Waals surface area contributed by atoms with E-state index in [-0.39, 0.29) is 23.3 Å². The molecular weight excluding hydrogens is 367 g/mol. The predicted octanol–water partition coefficient (Wildman–Crippen LogP) is 4.59. The van der Waals surface area contributed by atoms with E-state index >= 15 is 0 Å². The first-order valence-corrected chi connectivity index (χ1v) is 8.97. The van der Waals surface area contributed by atoms with Crippen molar-refractivity contribution in [3.05, 3.63) is 70.5 Å². The number of allylic oxidation sites excluding steroid dienone is 4. The summed E-state index contributed by atoms with van der Waals surface area (Å²) in [5.74, 6) is -0.0867. The predicted molar refractivity (Wildman–Crippen MR) is 110 cm³/mol. The van der Waals surface area contributed by atoms with Crippen molar-refractivity contribution in [2.24, 2.45) is 0 Å². The molecule has 1 aliphatic rings. The summed E-state index contributed by atoms with van der Waals surface area (Å²) in [5, 5.41) is 27.8. The quantitative estimate of drug-likeness (QED) is 0.526. The Balaban J connectivity index is 2.37. The minimum Gasteiger partial charge on any atom is -0.479 e. The fourth-order valence-corrected chi connectivity index (χ4v) is 2.96. The third-order valence-corrected chi connectivity index (χ3v) is 4.60. The second-order valence-electron chi connectivity index (χ2n) is 6.80. The summed E-state index contributed by atoms with van der Waals surface area (Å²) in [7, 11) is 3.94. The van der Waals surface area contributed by atoms with Crippen molar-refractivity contribution in [3.8, 4) is 18.2 Å². The average molecular weight is 388 g/mol. The molecule has 1 aliphatic heterocycles. The van der Waals surface area contributed by atoms with Crippen LogP contribution in [0.2, 0.25) is 0 Å². The summed E-state index contributed by atoms with van der Waals surface area (Å²) in [6, 6.07) is 13.4. The molecule has 2 rings (SSSR count). The summed E-state index contributed by atoms with van der Waals surface area (Å²) < 4.78 is 18.8. The standard InChI is InChI=1S/C23H21FN4O/c1-23(12-13-24)21(20(16-27)22(29-23)18(14-25)15-26)7-5-4-6-17-8-10-19(11-9-17)28(2)3/h4-11H,12-13H2,1-3H3/b6-4+,7-5+. The van der Waals surface area contributed by atoms with Gasteiger partial charge in [0.25, 0.3) is 0 Å². The molecule has 1 aromatic rings. The van der Waals surface area contributed by atoms with Crippen molar-refractivity contribution in [1.29, 1.82) is 15.8 Å². The monoisotopic (exact) mass is 388 g/mol. The minimum atomic E-state index is -1.12. The van der Waals surface area contributed by atoms with Gasteiger partial charge in [0, 0.05) is 31.8 Å². The van der Waals surface area contributed by atoms with Crippen LogP contribution < -0.4 is 4.90 Å². The first-order valence-electron chi connectivity index (χ1n) is 8.97. The van der Waals surface area contributed by atoms with Crippen molar-refractivity contribution in [2.75, 3.05) is 25.7 Å². The van der Waals surface area contributed by atoms with Crippen LogP contribution in [-0.4, -0.2) is 26.4 Å². The highest BCUT2D eigenvalue weighted by molar-refractivity contribution is 5.61. The molecule has 0 amide bonds. The summed E-state index contributed by atoms with van der Waals surface area (Å²) in [6.07, 6.45) is 7.10. The highest BCUT2D eigenvalue weighted by Gasteiger charge is 2.42. The van der Waals surface area contributed by atoms with Crippen LogP contribution in [0.3, 0.4) is 0 Å². The first-order chi connectivity index (χ1) is 13.9. The van der Waals surface area contributed by atoms with Gasteiger partial charge in [0.05, 0.1) is 6.67 Å². The molecule has 0 saturated heterocycles. The van der Waals surface area contributed by atoms with E-state index in [9.17, 15) is 9.65 Å². The molecule has 146 valence electrons. The Morgan fingerprint density at radius 2 is 1.72 bits per heavy atom. The van der Waals surface area contributed by atoms with Gasteiger partial charge in [-0.3, -0.25) is 4.39 Å². The third-order valence-electron chi connectivity index (χ3n) is 4.60. The fourth-order valence-electron chi connectivity index (χ4n) is 2.96. The van der Waals surface area contributed by atoms with Crippen LogP contribution in [0.5, 0.6) is 0 Å². The molecule has 1 unspecified atom stereocenters. The average Bonchev–Trinajstić information content (AvgIpc) is 2.98. The van der Waals surface area contributed by atoms with Gasteiger partial charge in [-0.15, -0.1) is 0 Å². The highest BCUT2D eigenvalue weighted by Crippen LogP contribution is 2.42. The highest BCUT2D eigenvalue weighted by atomic mass is 19.1. The zero-order chi connectivity index (χ0) is 21.4. The Morgan fingerprint density at radius 1 is 1.10 bits per heavy atom. The Labute approximate surface area is 170 Å². The van der Waals surface area contributed by atoms with Crippen molar-refractivity contribution >= 4 is 11.8 Å². The largest absolute Gasteiger partial charge is 0.479 e. The number of hydrogen-bond acceptors (Lipinski definition) is 5. The van der Waals surface area contributed by atoms with E-state index in [1.54, 1.807) is 37.3 Å². The van der Waals surface area contributed by atoms with Gasteiger partial charge in [0.2, 0.25) is 0 Å². The number of alkyl halides is 1. The van der Waals surface area contributed by atoms with Crippen LogP contribution in [0.1, 0.15) is 18.9 Å². The molecule has 0 N–H and O–H groups in total. The van der Waals surface area contributed by atoms with Crippen LogP contribution >= 0.6 is 0 Å². The lowest BCUT2D eigenvalue weighted by Crippen LogP contribution is -2.27. The van der Waals surface area contributed by atoms with Crippen LogP contribution in [-0.2, 0) is 4.74 Å². The molecular formula is C23H21FN4O. The first kappa shape index (κ1) is 21.5. The molecule has 1 atom stereocenters. The second-order valence-corrected chi connectivity index (χ2v) is 6.80. The van der Waals surface area contributed by atoms with Gasteiger partial charge >= 0.3 is 0 Å². The van der Waals surface area contributed by atoms with Crippen LogP contribution in [0.4, 0.5) is 10.1 Å². The normalized spacial score (nSPS) is 18.4. The smallest absolute Gasteiger partial charge is 0.172 e. The van der Waals surface area contributed by atoms with Crippen molar-refractivity contribution < 1.29 is 9.13 Å². The Bertz CT molecular complexity index is 995. The molecule has 0 spiro atoms. The van der Waals surface area contributed by atoms with Gasteiger partial charge in [0.1, 0.15) is 29.4 Å². The lowest BCUT2D eigenvalue weighted by Gasteiger charge is -2.25. The van der Waals surface area contributed by atoms with E-state index in [1.807, 2.05) is 55.4 Å². The maximum Gasteiger partial charge on any atom is 0.172 e. The third kappa shape index (κ3) is 4.72. The van der Waals surface area contributed by atoms with Crippen LogP contribution in [0.15, 0.2) is 65.0 Å².